The second-order valence-electron chi connectivity index (χ2n) is 5.90. The van der Waals surface area contributed by atoms with Gasteiger partial charge in [-0.2, -0.15) is 13.2 Å². The molecule has 0 aliphatic carbocycles. The van der Waals surface area contributed by atoms with E-state index in [1.54, 1.807) is 7.11 Å². The summed E-state index contributed by atoms with van der Waals surface area (Å²) in [6.45, 7) is 2.71. The van der Waals surface area contributed by atoms with Crippen molar-refractivity contribution in [2.24, 2.45) is 0 Å². The van der Waals surface area contributed by atoms with Crippen LogP contribution in [0.5, 0.6) is 5.75 Å². The number of halogens is 3. The van der Waals surface area contributed by atoms with E-state index in [0.717, 1.165) is 49.4 Å². The van der Waals surface area contributed by atoms with Gasteiger partial charge in [0.25, 0.3) is 5.91 Å². The zero-order chi connectivity index (χ0) is 18.7. The lowest BCUT2D eigenvalue weighted by Crippen LogP contribution is -2.52. The summed E-state index contributed by atoms with van der Waals surface area (Å²) in [6, 6.07) is 5.74. The molecule has 138 valence electrons. The van der Waals surface area contributed by atoms with Crippen LogP contribution >= 0.6 is 0 Å². The molecule has 1 spiro atoms. The van der Waals surface area contributed by atoms with Crippen LogP contribution in [0.1, 0.15) is 28.8 Å². The third-order valence-electron chi connectivity index (χ3n) is 4.41. The molecule has 1 saturated heterocycles. The summed E-state index contributed by atoms with van der Waals surface area (Å²) in [6.07, 6.45) is -3.00. The molecule has 1 aromatic carbocycles. The number of benzene rings is 1. The van der Waals surface area contributed by atoms with Gasteiger partial charge in [-0.3, -0.25) is 4.79 Å². The Kier molecular flexibility index (Phi) is 5.56. The van der Waals surface area contributed by atoms with E-state index in [0.29, 0.717) is 0 Å². The van der Waals surface area contributed by atoms with Crippen molar-refractivity contribution in [2.75, 3.05) is 26.7 Å². The van der Waals surface area contributed by atoms with E-state index in [9.17, 15) is 18.0 Å². The Bertz CT molecular complexity index is 655. The summed E-state index contributed by atoms with van der Waals surface area (Å²) in [5.74, 6) is -1.88. The van der Waals surface area contributed by atoms with Gasteiger partial charge in [-0.1, -0.05) is 6.07 Å². The van der Waals surface area contributed by atoms with Crippen molar-refractivity contribution in [1.29, 1.82) is 0 Å². The van der Waals surface area contributed by atoms with Crippen molar-refractivity contribution in [2.45, 2.75) is 24.4 Å². The first-order chi connectivity index (χ1) is 11.7. The van der Waals surface area contributed by atoms with Crippen LogP contribution in [0.2, 0.25) is 0 Å². The van der Waals surface area contributed by atoms with Gasteiger partial charge in [0.2, 0.25) is 0 Å². The standard InChI is InChI=1S/C14H18N2O2.C2HF3O2/c1-18-11-4-2-3-10-12(11)14(9-16-13(10)17)5-7-15-8-6-14;3-2(4,5)1(6)7/h2-4,15H,5-9H2,1H3,(H,16,17);(H,6,7). The second-order valence-corrected chi connectivity index (χ2v) is 5.90. The molecule has 0 saturated carbocycles. The number of nitrogens with one attached hydrogen (secondary N) is 2. The average Bonchev–Trinajstić information content (AvgIpc) is 2.58. The maximum atomic E-state index is 12.0. The highest BCUT2D eigenvalue weighted by molar-refractivity contribution is 5.98. The van der Waals surface area contributed by atoms with Crippen LogP contribution < -0.4 is 15.4 Å². The van der Waals surface area contributed by atoms with E-state index in [-0.39, 0.29) is 11.3 Å². The highest BCUT2D eigenvalue weighted by Gasteiger charge is 2.42. The van der Waals surface area contributed by atoms with E-state index in [4.69, 9.17) is 14.6 Å². The van der Waals surface area contributed by atoms with Crippen LogP contribution in [0, 0.1) is 0 Å². The van der Waals surface area contributed by atoms with Crippen LogP contribution in [-0.2, 0) is 10.2 Å². The molecule has 9 heteroatoms. The number of carbonyl (C=O) groups is 2. The summed E-state index contributed by atoms with van der Waals surface area (Å²) >= 11 is 0. The number of piperidine rings is 1. The molecule has 1 fully saturated rings. The quantitative estimate of drug-likeness (QED) is 0.710. The van der Waals surface area contributed by atoms with Gasteiger partial charge in [0, 0.05) is 23.1 Å². The van der Waals surface area contributed by atoms with E-state index < -0.39 is 12.1 Å². The van der Waals surface area contributed by atoms with Crippen molar-refractivity contribution in [3.05, 3.63) is 29.3 Å². The van der Waals surface area contributed by atoms with E-state index >= 15 is 0 Å². The molecule has 25 heavy (non-hydrogen) atoms. The lowest BCUT2D eigenvalue weighted by Gasteiger charge is -2.42. The number of carboxylic acid groups (broad SMARTS) is 1. The molecule has 0 unspecified atom stereocenters. The fourth-order valence-electron chi connectivity index (χ4n) is 3.20. The first-order valence-electron chi connectivity index (χ1n) is 7.68. The molecular weight excluding hydrogens is 341 g/mol. The molecule has 0 bridgehead atoms. The van der Waals surface area contributed by atoms with Crippen LogP contribution in [0.3, 0.4) is 0 Å². The highest BCUT2D eigenvalue weighted by Crippen LogP contribution is 2.42. The lowest BCUT2D eigenvalue weighted by atomic mass is 9.69. The summed E-state index contributed by atoms with van der Waals surface area (Å²) in [5.41, 5.74) is 1.93. The molecule has 0 aromatic heterocycles. The molecule has 3 N–H and O–H groups in total. The van der Waals surface area contributed by atoms with Crippen molar-refractivity contribution in [1.82, 2.24) is 10.6 Å². The maximum absolute atomic E-state index is 12.0. The molecule has 0 atom stereocenters. The van der Waals surface area contributed by atoms with E-state index in [1.807, 2.05) is 18.2 Å². The third-order valence-corrected chi connectivity index (χ3v) is 4.41. The number of carboxylic acids is 1. The first-order valence-corrected chi connectivity index (χ1v) is 7.68. The monoisotopic (exact) mass is 360 g/mol. The fourth-order valence-corrected chi connectivity index (χ4v) is 3.20. The number of amides is 1. The van der Waals surface area contributed by atoms with Gasteiger partial charge in [0.15, 0.2) is 0 Å². The number of hydrogen-bond donors (Lipinski definition) is 3. The topological polar surface area (TPSA) is 87.7 Å². The van der Waals surface area contributed by atoms with Gasteiger partial charge in [-0.25, -0.2) is 4.79 Å². The Balaban J connectivity index is 0.000000277. The Morgan fingerprint density at radius 2 is 1.88 bits per heavy atom. The number of alkyl halides is 3. The SMILES string of the molecule is COc1cccc2c1C1(CCNCC1)CNC2=O.O=C(O)C(F)(F)F. The Labute approximate surface area is 142 Å². The normalized spacial score (nSPS) is 18.5. The zero-order valence-corrected chi connectivity index (χ0v) is 13.6. The third kappa shape index (κ3) is 4.04. The number of methoxy groups -OCH3 is 1. The van der Waals surface area contributed by atoms with Crippen LogP contribution in [0.15, 0.2) is 18.2 Å². The smallest absolute Gasteiger partial charge is 0.490 e. The molecule has 2 heterocycles. The summed E-state index contributed by atoms with van der Waals surface area (Å²) in [4.78, 5) is 20.9. The summed E-state index contributed by atoms with van der Waals surface area (Å²) in [7, 11) is 1.68. The van der Waals surface area contributed by atoms with Crippen LogP contribution in [-0.4, -0.2) is 49.9 Å². The number of ether oxygens (including phenoxy) is 1. The Morgan fingerprint density at radius 1 is 1.28 bits per heavy atom. The molecule has 6 nitrogen and oxygen atoms in total. The molecule has 2 aliphatic rings. The molecule has 2 aliphatic heterocycles. The molecule has 0 radical (unpaired) electrons. The van der Waals surface area contributed by atoms with Gasteiger partial charge in [0.05, 0.1) is 7.11 Å². The largest absolute Gasteiger partial charge is 0.496 e. The number of rotatable bonds is 1. The van der Waals surface area contributed by atoms with Gasteiger partial charge in [-0.15, -0.1) is 0 Å². The fraction of sp³-hybridized carbons (Fsp3) is 0.500. The summed E-state index contributed by atoms with van der Waals surface area (Å²) < 4.78 is 37.2. The Hall–Kier alpha value is -2.29. The van der Waals surface area contributed by atoms with Crippen molar-refractivity contribution in [3.63, 3.8) is 0 Å². The second kappa shape index (κ2) is 7.30. The number of fused-ring (bicyclic) bond motifs is 2. The van der Waals surface area contributed by atoms with Gasteiger partial charge in [-0.05, 0) is 38.1 Å². The minimum Gasteiger partial charge on any atom is -0.496 e. The predicted molar refractivity (Wildman–Crippen MR) is 82.8 cm³/mol. The average molecular weight is 360 g/mol. The molecule has 1 aromatic rings. The van der Waals surface area contributed by atoms with Gasteiger partial charge >= 0.3 is 12.1 Å². The van der Waals surface area contributed by atoms with Crippen molar-refractivity contribution < 1.29 is 32.6 Å². The minimum absolute atomic E-state index is 0.0213. The summed E-state index contributed by atoms with van der Waals surface area (Å²) in [5, 5.41) is 13.5. The zero-order valence-electron chi connectivity index (χ0n) is 13.6. The number of hydrogen-bond acceptors (Lipinski definition) is 4. The van der Waals surface area contributed by atoms with Crippen molar-refractivity contribution in [3.8, 4) is 5.75 Å². The number of carbonyl (C=O) groups excluding carboxylic acids is 1. The van der Waals surface area contributed by atoms with Gasteiger partial charge < -0.3 is 20.5 Å². The van der Waals surface area contributed by atoms with E-state index in [2.05, 4.69) is 10.6 Å². The maximum Gasteiger partial charge on any atom is 0.490 e. The minimum atomic E-state index is -5.08. The number of aliphatic carboxylic acids is 1. The molecule has 1 amide bonds. The van der Waals surface area contributed by atoms with Crippen LogP contribution in [0.4, 0.5) is 13.2 Å². The molecular formula is C16H19F3N2O4. The Morgan fingerprint density at radius 3 is 2.40 bits per heavy atom. The predicted octanol–water partition coefficient (Wildman–Crippen LogP) is 1.69. The van der Waals surface area contributed by atoms with Gasteiger partial charge in [0.1, 0.15) is 5.75 Å². The van der Waals surface area contributed by atoms with Crippen LogP contribution in [0.25, 0.3) is 0 Å². The van der Waals surface area contributed by atoms with Crippen molar-refractivity contribution >= 4 is 11.9 Å². The molecule has 3 rings (SSSR count). The highest BCUT2D eigenvalue weighted by atomic mass is 19.4. The van der Waals surface area contributed by atoms with E-state index in [1.165, 1.54) is 0 Å². The lowest BCUT2D eigenvalue weighted by molar-refractivity contribution is -0.192. The first kappa shape index (κ1) is 19.0.